The van der Waals surface area contributed by atoms with Crippen molar-refractivity contribution in [1.82, 2.24) is 0 Å². The molecule has 0 fully saturated rings. The molecule has 0 saturated carbocycles. The summed E-state index contributed by atoms with van der Waals surface area (Å²) < 4.78 is 21.2. The van der Waals surface area contributed by atoms with Gasteiger partial charge in [0, 0.05) is 5.56 Å². The summed E-state index contributed by atoms with van der Waals surface area (Å²) in [7, 11) is 1.31. The number of carbonyl (C=O) groups is 2. The number of carboxylic acid groups (broad SMARTS) is 1. The molecule has 2 aromatic carbocycles. The Hall–Kier alpha value is -3.22. The molecule has 1 N–H and O–H groups in total. The van der Waals surface area contributed by atoms with E-state index in [1.54, 1.807) is 36.4 Å². The fourth-order valence-corrected chi connectivity index (χ4v) is 3.00. The van der Waals surface area contributed by atoms with Crippen molar-refractivity contribution in [2.75, 3.05) is 13.9 Å². The number of carboxylic acids is 1. The third-order valence-electron chi connectivity index (χ3n) is 4.28. The Morgan fingerprint density at radius 1 is 1.11 bits per heavy atom. The minimum atomic E-state index is -1.23. The van der Waals surface area contributed by atoms with Gasteiger partial charge in [-0.05, 0) is 48.2 Å². The number of hydrogen-bond donors (Lipinski definition) is 1. The first kappa shape index (κ1) is 19.5. The van der Waals surface area contributed by atoms with Gasteiger partial charge >= 0.3 is 11.9 Å². The number of carbonyl (C=O) groups excluding carboxylic acids is 1. The highest BCUT2D eigenvalue weighted by Crippen LogP contribution is 2.36. The van der Waals surface area contributed by atoms with Crippen LogP contribution < -0.4 is 14.2 Å². The van der Waals surface area contributed by atoms with E-state index in [2.05, 4.69) is 0 Å². The predicted octanol–water partition coefficient (Wildman–Crippen LogP) is 3.61. The van der Waals surface area contributed by atoms with Crippen LogP contribution in [0.15, 0.2) is 36.4 Å². The SMILES string of the molecule is COC(=O)c1ccc(OC(C(=O)O)c2ccc3c(c2)OCO3)c(CC(C)C)c1. The molecule has 0 amide bonds. The van der Waals surface area contributed by atoms with E-state index in [-0.39, 0.29) is 12.7 Å². The molecule has 0 spiro atoms. The van der Waals surface area contributed by atoms with Gasteiger partial charge < -0.3 is 24.1 Å². The monoisotopic (exact) mass is 386 g/mol. The molecule has 2 aromatic rings. The standard InChI is InChI=1S/C21H22O7/c1-12(2)8-15-9-14(21(24)25-3)5-6-16(15)28-19(20(22)23)13-4-7-17-18(10-13)27-11-26-17/h4-7,9-10,12,19H,8,11H2,1-3H3,(H,22,23). The maximum absolute atomic E-state index is 11.9. The largest absolute Gasteiger partial charge is 0.478 e. The first-order chi connectivity index (χ1) is 13.4. The van der Waals surface area contributed by atoms with E-state index in [0.29, 0.717) is 34.8 Å². The van der Waals surface area contributed by atoms with Gasteiger partial charge in [-0.3, -0.25) is 0 Å². The molecule has 28 heavy (non-hydrogen) atoms. The van der Waals surface area contributed by atoms with Crippen molar-refractivity contribution in [1.29, 1.82) is 0 Å². The molecule has 1 atom stereocenters. The lowest BCUT2D eigenvalue weighted by atomic mass is 9.99. The van der Waals surface area contributed by atoms with Gasteiger partial charge in [0.2, 0.25) is 12.9 Å². The zero-order valence-corrected chi connectivity index (χ0v) is 15.9. The van der Waals surface area contributed by atoms with Gasteiger partial charge in [-0.2, -0.15) is 0 Å². The van der Waals surface area contributed by atoms with E-state index in [1.807, 2.05) is 13.8 Å². The van der Waals surface area contributed by atoms with Crippen molar-refractivity contribution in [2.24, 2.45) is 5.92 Å². The fraction of sp³-hybridized carbons (Fsp3) is 0.333. The molecule has 1 heterocycles. The van der Waals surface area contributed by atoms with E-state index in [4.69, 9.17) is 18.9 Å². The summed E-state index contributed by atoms with van der Waals surface area (Å²) in [5.41, 5.74) is 1.56. The summed E-state index contributed by atoms with van der Waals surface area (Å²) in [6.45, 7) is 4.16. The summed E-state index contributed by atoms with van der Waals surface area (Å²) in [4.78, 5) is 23.7. The second-order valence-corrected chi connectivity index (χ2v) is 6.86. The van der Waals surface area contributed by atoms with Crippen molar-refractivity contribution in [2.45, 2.75) is 26.4 Å². The van der Waals surface area contributed by atoms with Gasteiger partial charge in [0.05, 0.1) is 12.7 Å². The zero-order valence-electron chi connectivity index (χ0n) is 15.9. The third-order valence-corrected chi connectivity index (χ3v) is 4.28. The Balaban J connectivity index is 1.94. The van der Waals surface area contributed by atoms with Crippen LogP contribution in [0.5, 0.6) is 17.2 Å². The molecular weight excluding hydrogens is 364 g/mol. The van der Waals surface area contributed by atoms with Crippen LogP contribution in [0, 0.1) is 5.92 Å². The number of benzene rings is 2. The second kappa shape index (κ2) is 8.21. The van der Waals surface area contributed by atoms with Gasteiger partial charge in [0.15, 0.2) is 11.5 Å². The molecule has 3 rings (SSSR count). The quantitative estimate of drug-likeness (QED) is 0.727. The van der Waals surface area contributed by atoms with E-state index < -0.39 is 18.0 Å². The van der Waals surface area contributed by atoms with Crippen LogP contribution in [-0.2, 0) is 16.0 Å². The maximum Gasteiger partial charge on any atom is 0.349 e. The van der Waals surface area contributed by atoms with E-state index in [1.165, 1.54) is 7.11 Å². The van der Waals surface area contributed by atoms with Crippen LogP contribution in [0.25, 0.3) is 0 Å². The molecule has 0 aliphatic carbocycles. The highest BCUT2D eigenvalue weighted by atomic mass is 16.7. The minimum absolute atomic E-state index is 0.102. The first-order valence-corrected chi connectivity index (χ1v) is 8.89. The molecule has 0 aromatic heterocycles. The molecular formula is C21H22O7. The Bertz CT molecular complexity index is 888. The number of rotatable bonds is 7. The Kier molecular flexibility index (Phi) is 5.73. The number of esters is 1. The van der Waals surface area contributed by atoms with Crippen LogP contribution in [0.2, 0.25) is 0 Å². The molecule has 7 nitrogen and oxygen atoms in total. The van der Waals surface area contributed by atoms with Crippen LogP contribution in [0.4, 0.5) is 0 Å². The van der Waals surface area contributed by atoms with Crippen LogP contribution in [0.3, 0.4) is 0 Å². The second-order valence-electron chi connectivity index (χ2n) is 6.86. The Labute approximate surface area is 162 Å². The molecule has 148 valence electrons. The number of methoxy groups -OCH3 is 1. The third kappa shape index (κ3) is 4.19. The zero-order chi connectivity index (χ0) is 20.3. The lowest BCUT2D eigenvalue weighted by molar-refractivity contribution is -0.145. The summed E-state index contributed by atoms with van der Waals surface area (Å²) in [6, 6.07) is 9.74. The molecule has 0 saturated heterocycles. The van der Waals surface area contributed by atoms with Crippen LogP contribution in [-0.4, -0.2) is 30.9 Å². The number of aliphatic carboxylic acids is 1. The van der Waals surface area contributed by atoms with Crippen LogP contribution >= 0.6 is 0 Å². The summed E-state index contributed by atoms with van der Waals surface area (Å²) in [5, 5.41) is 9.72. The number of hydrogen-bond acceptors (Lipinski definition) is 6. The smallest absolute Gasteiger partial charge is 0.349 e. The maximum atomic E-state index is 11.9. The van der Waals surface area contributed by atoms with Gasteiger partial charge in [-0.25, -0.2) is 9.59 Å². The lowest BCUT2D eigenvalue weighted by Gasteiger charge is -2.19. The van der Waals surface area contributed by atoms with E-state index >= 15 is 0 Å². The predicted molar refractivity (Wildman–Crippen MR) is 99.9 cm³/mol. The number of ether oxygens (including phenoxy) is 4. The van der Waals surface area contributed by atoms with Gasteiger partial charge in [0.25, 0.3) is 0 Å². The summed E-state index contributed by atoms with van der Waals surface area (Å²) in [5.74, 6) is 0.149. The molecule has 0 radical (unpaired) electrons. The summed E-state index contributed by atoms with van der Waals surface area (Å²) >= 11 is 0. The van der Waals surface area contributed by atoms with Crippen molar-refractivity contribution in [3.8, 4) is 17.2 Å². The average Bonchev–Trinajstić information content (AvgIpc) is 3.13. The van der Waals surface area contributed by atoms with Crippen molar-refractivity contribution in [3.63, 3.8) is 0 Å². The normalized spacial score (nSPS) is 13.3. The van der Waals surface area contributed by atoms with E-state index in [0.717, 1.165) is 5.56 Å². The molecule has 1 unspecified atom stereocenters. The van der Waals surface area contributed by atoms with Gasteiger partial charge in [0.1, 0.15) is 5.75 Å². The highest BCUT2D eigenvalue weighted by Gasteiger charge is 2.26. The molecule has 0 bridgehead atoms. The Morgan fingerprint density at radius 3 is 2.54 bits per heavy atom. The van der Waals surface area contributed by atoms with Crippen molar-refractivity contribution >= 4 is 11.9 Å². The first-order valence-electron chi connectivity index (χ1n) is 8.89. The van der Waals surface area contributed by atoms with Crippen molar-refractivity contribution < 1.29 is 33.6 Å². The highest BCUT2D eigenvalue weighted by molar-refractivity contribution is 5.89. The van der Waals surface area contributed by atoms with Crippen molar-refractivity contribution in [3.05, 3.63) is 53.1 Å². The fourth-order valence-electron chi connectivity index (χ4n) is 3.00. The topological polar surface area (TPSA) is 91.3 Å². The van der Waals surface area contributed by atoms with E-state index in [9.17, 15) is 14.7 Å². The average molecular weight is 386 g/mol. The molecule has 7 heteroatoms. The summed E-state index contributed by atoms with van der Waals surface area (Å²) in [6.07, 6.45) is -0.613. The van der Waals surface area contributed by atoms with Gasteiger partial charge in [-0.15, -0.1) is 0 Å². The minimum Gasteiger partial charge on any atom is -0.478 e. The van der Waals surface area contributed by atoms with Crippen LogP contribution in [0.1, 0.15) is 41.4 Å². The number of fused-ring (bicyclic) bond motifs is 1. The lowest BCUT2D eigenvalue weighted by Crippen LogP contribution is -2.19. The Morgan fingerprint density at radius 2 is 1.86 bits per heavy atom. The van der Waals surface area contributed by atoms with Gasteiger partial charge in [-0.1, -0.05) is 19.9 Å². The molecule has 1 aliphatic heterocycles. The molecule has 1 aliphatic rings.